The van der Waals surface area contributed by atoms with E-state index in [-0.39, 0.29) is 0 Å². The van der Waals surface area contributed by atoms with E-state index < -0.39 is 10.0 Å². The van der Waals surface area contributed by atoms with Crippen molar-refractivity contribution >= 4 is 32.9 Å². The summed E-state index contributed by atoms with van der Waals surface area (Å²) in [5.41, 5.74) is 4.69. The van der Waals surface area contributed by atoms with E-state index in [1.54, 1.807) is 24.4 Å². The molecule has 2 aromatic carbocycles. The Morgan fingerprint density at radius 2 is 1.61 bits per heavy atom. The van der Waals surface area contributed by atoms with E-state index in [1.165, 1.54) is 12.0 Å². The quantitative estimate of drug-likeness (QED) is 0.572. The summed E-state index contributed by atoms with van der Waals surface area (Å²) in [7, 11) is -3.65. The molecule has 3 aromatic rings. The molecule has 1 saturated heterocycles. The number of anilines is 4. The van der Waals surface area contributed by atoms with Crippen LogP contribution < -0.4 is 14.9 Å². The Labute approximate surface area is 194 Å². The first kappa shape index (κ1) is 21.7. The zero-order valence-electron chi connectivity index (χ0n) is 18.3. The van der Waals surface area contributed by atoms with Crippen LogP contribution in [0.3, 0.4) is 0 Å². The minimum atomic E-state index is -3.65. The SMILES string of the molecule is O=S(=O)(Nc1ccc(Nc2cc(N3CCOCC3)cnn2)cc1)c1ccc2c(c1)CCCC2. The Bertz CT molecular complexity index is 1230. The van der Waals surface area contributed by atoms with Crippen LogP contribution in [0.4, 0.5) is 22.9 Å². The number of morpholine rings is 1. The number of sulfonamides is 1. The molecule has 2 aliphatic rings. The number of benzene rings is 2. The lowest BCUT2D eigenvalue weighted by atomic mass is 9.92. The molecular formula is C24H27N5O3S. The highest BCUT2D eigenvalue weighted by molar-refractivity contribution is 7.92. The van der Waals surface area contributed by atoms with Gasteiger partial charge in [0.05, 0.1) is 30.0 Å². The molecule has 172 valence electrons. The summed E-state index contributed by atoms with van der Waals surface area (Å²) < 4.78 is 33.9. The highest BCUT2D eigenvalue weighted by Crippen LogP contribution is 2.26. The smallest absolute Gasteiger partial charge is 0.261 e. The van der Waals surface area contributed by atoms with Gasteiger partial charge in [0.1, 0.15) is 0 Å². The van der Waals surface area contributed by atoms with Gasteiger partial charge in [0, 0.05) is 30.5 Å². The number of hydrogen-bond donors (Lipinski definition) is 2. The number of ether oxygens (including phenoxy) is 1. The van der Waals surface area contributed by atoms with E-state index in [0.29, 0.717) is 29.6 Å². The number of fused-ring (bicyclic) bond motifs is 1. The Morgan fingerprint density at radius 3 is 2.39 bits per heavy atom. The molecule has 33 heavy (non-hydrogen) atoms. The van der Waals surface area contributed by atoms with Crippen molar-refractivity contribution in [2.75, 3.05) is 41.2 Å². The number of rotatable bonds is 6. The number of hydrogen-bond acceptors (Lipinski definition) is 7. The molecule has 1 aromatic heterocycles. The standard InChI is InChI=1S/C24H27N5O3S/c30-33(31,23-10-5-18-3-1-2-4-19(18)15-23)28-21-8-6-20(7-9-21)26-24-16-22(17-25-27-24)29-11-13-32-14-12-29/h5-10,15-17,28H,1-4,11-14H2,(H,26,27). The van der Waals surface area contributed by atoms with Gasteiger partial charge in [-0.15, -0.1) is 5.10 Å². The summed E-state index contributed by atoms with van der Waals surface area (Å²) in [6, 6.07) is 14.5. The Kier molecular flexibility index (Phi) is 6.15. The number of nitrogens with one attached hydrogen (secondary N) is 2. The van der Waals surface area contributed by atoms with Crippen molar-refractivity contribution in [3.05, 3.63) is 65.9 Å². The summed E-state index contributed by atoms with van der Waals surface area (Å²) in [5, 5.41) is 11.5. The molecule has 5 rings (SSSR count). The summed E-state index contributed by atoms with van der Waals surface area (Å²) in [5.74, 6) is 0.626. The van der Waals surface area contributed by atoms with E-state index >= 15 is 0 Å². The van der Waals surface area contributed by atoms with Crippen LogP contribution in [0, 0.1) is 0 Å². The van der Waals surface area contributed by atoms with Crippen LogP contribution in [0.1, 0.15) is 24.0 Å². The van der Waals surface area contributed by atoms with Crippen LogP contribution in [0.25, 0.3) is 0 Å². The number of nitrogens with zero attached hydrogens (tertiary/aromatic N) is 3. The zero-order valence-corrected chi connectivity index (χ0v) is 19.1. The molecule has 1 aliphatic heterocycles. The van der Waals surface area contributed by atoms with Gasteiger partial charge >= 0.3 is 0 Å². The second-order valence-corrected chi connectivity index (χ2v) is 10.0. The average molecular weight is 466 g/mol. The van der Waals surface area contributed by atoms with E-state index in [1.807, 2.05) is 30.3 Å². The van der Waals surface area contributed by atoms with Gasteiger partial charge < -0.3 is 15.0 Å². The van der Waals surface area contributed by atoms with Crippen LogP contribution in [-0.4, -0.2) is 44.9 Å². The van der Waals surface area contributed by atoms with Crippen molar-refractivity contribution in [3.8, 4) is 0 Å². The van der Waals surface area contributed by atoms with Gasteiger partial charge in [0.2, 0.25) is 0 Å². The molecule has 9 heteroatoms. The first-order valence-corrected chi connectivity index (χ1v) is 12.7. The Hall–Kier alpha value is -3.17. The fraction of sp³-hybridized carbons (Fsp3) is 0.333. The number of aromatic nitrogens is 2. The van der Waals surface area contributed by atoms with Gasteiger partial charge in [-0.2, -0.15) is 5.10 Å². The zero-order chi connectivity index (χ0) is 22.7. The maximum Gasteiger partial charge on any atom is 0.261 e. The fourth-order valence-electron chi connectivity index (χ4n) is 4.27. The molecule has 0 atom stereocenters. The third-order valence-corrected chi connectivity index (χ3v) is 7.44. The lowest BCUT2D eigenvalue weighted by molar-refractivity contribution is 0.122. The maximum absolute atomic E-state index is 12.9. The van der Waals surface area contributed by atoms with Gasteiger partial charge in [-0.05, 0) is 73.2 Å². The number of aryl methyl sites for hydroxylation is 2. The molecule has 1 aliphatic carbocycles. The molecule has 0 radical (unpaired) electrons. The predicted molar refractivity (Wildman–Crippen MR) is 129 cm³/mol. The largest absolute Gasteiger partial charge is 0.378 e. The van der Waals surface area contributed by atoms with Gasteiger partial charge in [0.25, 0.3) is 10.0 Å². The molecule has 0 amide bonds. The highest BCUT2D eigenvalue weighted by Gasteiger charge is 2.18. The third kappa shape index (κ3) is 5.09. The molecule has 2 N–H and O–H groups in total. The minimum Gasteiger partial charge on any atom is -0.378 e. The van der Waals surface area contributed by atoms with Crippen molar-refractivity contribution < 1.29 is 13.2 Å². The highest BCUT2D eigenvalue weighted by atomic mass is 32.2. The van der Waals surface area contributed by atoms with Crippen LogP contribution in [0.2, 0.25) is 0 Å². The van der Waals surface area contributed by atoms with Crippen LogP contribution in [0.15, 0.2) is 59.6 Å². The van der Waals surface area contributed by atoms with Crippen molar-refractivity contribution in [2.24, 2.45) is 0 Å². The molecular weight excluding hydrogens is 438 g/mol. The minimum absolute atomic E-state index is 0.306. The maximum atomic E-state index is 12.9. The van der Waals surface area contributed by atoms with Gasteiger partial charge in [0.15, 0.2) is 5.82 Å². The first-order chi connectivity index (χ1) is 16.1. The van der Waals surface area contributed by atoms with E-state index in [0.717, 1.165) is 49.3 Å². The molecule has 8 nitrogen and oxygen atoms in total. The topological polar surface area (TPSA) is 96.5 Å². The lowest BCUT2D eigenvalue weighted by Gasteiger charge is -2.28. The summed E-state index contributed by atoms with van der Waals surface area (Å²) in [4.78, 5) is 2.52. The predicted octanol–water partition coefficient (Wildman–Crippen LogP) is 3.74. The second kappa shape index (κ2) is 9.36. The van der Waals surface area contributed by atoms with E-state index in [2.05, 4.69) is 25.1 Å². The van der Waals surface area contributed by atoms with E-state index in [9.17, 15) is 8.42 Å². The van der Waals surface area contributed by atoms with Crippen molar-refractivity contribution in [1.82, 2.24) is 10.2 Å². The van der Waals surface area contributed by atoms with Crippen LogP contribution in [0.5, 0.6) is 0 Å². The van der Waals surface area contributed by atoms with Crippen LogP contribution in [-0.2, 0) is 27.6 Å². The molecule has 0 unspecified atom stereocenters. The van der Waals surface area contributed by atoms with E-state index in [4.69, 9.17) is 4.74 Å². The normalized spacial score (nSPS) is 16.2. The summed E-state index contributed by atoms with van der Waals surface area (Å²) in [6.07, 6.45) is 5.99. The monoisotopic (exact) mass is 465 g/mol. The Balaban J connectivity index is 1.26. The van der Waals surface area contributed by atoms with Crippen LogP contribution >= 0.6 is 0 Å². The first-order valence-electron chi connectivity index (χ1n) is 11.2. The van der Waals surface area contributed by atoms with Gasteiger partial charge in [-0.25, -0.2) is 8.42 Å². The molecule has 1 fully saturated rings. The summed E-state index contributed by atoms with van der Waals surface area (Å²) >= 11 is 0. The lowest BCUT2D eigenvalue weighted by Crippen LogP contribution is -2.36. The molecule has 2 heterocycles. The van der Waals surface area contributed by atoms with Crippen molar-refractivity contribution in [3.63, 3.8) is 0 Å². The molecule has 0 bridgehead atoms. The van der Waals surface area contributed by atoms with Crippen molar-refractivity contribution in [1.29, 1.82) is 0 Å². The molecule has 0 spiro atoms. The van der Waals surface area contributed by atoms with Gasteiger partial charge in [-0.1, -0.05) is 6.07 Å². The summed E-state index contributed by atoms with van der Waals surface area (Å²) in [6.45, 7) is 3.05. The molecule has 0 saturated carbocycles. The third-order valence-electron chi connectivity index (χ3n) is 6.06. The fourth-order valence-corrected chi connectivity index (χ4v) is 5.38. The van der Waals surface area contributed by atoms with Crippen molar-refractivity contribution in [2.45, 2.75) is 30.6 Å². The average Bonchev–Trinajstić information content (AvgIpc) is 2.85. The second-order valence-electron chi connectivity index (χ2n) is 8.34. The van der Waals surface area contributed by atoms with Gasteiger partial charge in [-0.3, -0.25) is 4.72 Å². The Morgan fingerprint density at radius 1 is 0.879 bits per heavy atom.